The molecule has 27 heavy (non-hydrogen) atoms. The molecule has 3 aromatic rings. The number of nitrogens with one attached hydrogen (secondary N) is 1. The maximum absolute atomic E-state index is 13.2. The summed E-state index contributed by atoms with van der Waals surface area (Å²) in [6, 6.07) is 23.1. The van der Waals surface area contributed by atoms with E-state index < -0.39 is 0 Å². The van der Waals surface area contributed by atoms with Crippen molar-refractivity contribution in [3.8, 4) is 11.5 Å². The van der Waals surface area contributed by atoms with Crippen LogP contribution in [0.5, 0.6) is 11.5 Å². The Kier molecular flexibility index (Phi) is 5.77. The molecule has 0 saturated heterocycles. The van der Waals surface area contributed by atoms with Crippen LogP contribution >= 0.6 is 0 Å². The van der Waals surface area contributed by atoms with Crippen LogP contribution in [-0.4, -0.2) is 20.1 Å². The number of carbonyl (C=O) groups excluding carboxylic acids is 1. The van der Waals surface area contributed by atoms with Crippen LogP contribution in [-0.2, 0) is 0 Å². The first kappa shape index (κ1) is 18.5. The second kappa shape index (κ2) is 8.41. The van der Waals surface area contributed by atoms with Gasteiger partial charge in [-0.15, -0.1) is 0 Å². The van der Waals surface area contributed by atoms with Gasteiger partial charge < -0.3 is 14.8 Å². The second-order valence-corrected chi connectivity index (χ2v) is 6.27. The predicted molar refractivity (Wildman–Crippen MR) is 106 cm³/mol. The standard InChI is InChI=1S/C23H23NO3/c1-16-12-14-18(15-13-16)22(17-8-5-4-6-9-17)24-23(25)21-19(26-2)10-7-11-20(21)27-3/h4-15,22H,1-3H3,(H,24,25)/t22-/m1/s1. The number of aryl methyl sites for hydroxylation is 1. The van der Waals surface area contributed by atoms with Crippen molar-refractivity contribution in [2.45, 2.75) is 13.0 Å². The lowest BCUT2D eigenvalue weighted by atomic mass is 9.97. The highest BCUT2D eigenvalue weighted by Gasteiger charge is 2.23. The first-order chi connectivity index (χ1) is 13.1. The molecule has 0 saturated carbocycles. The maximum atomic E-state index is 13.2. The first-order valence-corrected chi connectivity index (χ1v) is 8.77. The normalized spacial score (nSPS) is 11.5. The Labute approximate surface area is 159 Å². The number of carbonyl (C=O) groups is 1. The smallest absolute Gasteiger partial charge is 0.259 e. The summed E-state index contributed by atoms with van der Waals surface area (Å²) >= 11 is 0. The molecule has 0 spiro atoms. The summed E-state index contributed by atoms with van der Waals surface area (Å²) in [5, 5.41) is 3.14. The lowest BCUT2D eigenvalue weighted by Crippen LogP contribution is -2.30. The van der Waals surface area contributed by atoms with Gasteiger partial charge in [0.25, 0.3) is 5.91 Å². The van der Waals surface area contributed by atoms with E-state index in [1.807, 2.05) is 61.5 Å². The zero-order chi connectivity index (χ0) is 19.2. The van der Waals surface area contributed by atoms with Crippen LogP contribution in [0.15, 0.2) is 72.8 Å². The molecular weight excluding hydrogens is 338 g/mol. The van der Waals surface area contributed by atoms with Gasteiger partial charge in [0.1, 0.15) is 17.1 Å². The Morgan fingerprint density at radius 2 is 1.33 bits per heavy atom. The van der Waals surface area contributed by atoms with Crippen molar-refractivity contribution >= 4 is 5.91 Å². The first-order valence-electron chi connectivity index (χ1n) is 8.77. The van der Waals surface area contributed by atoms with Crippen LogP contribution in [0.4, 0.5) is 0 Å². The average molecular weight is 361 g/mol. The number of rotatable bonds is 6. The third-order valence-electron chi connectivity index (χ3n) is 4.47. The number of amides is 1. The molecule has 0 unspecified atom stereocenters. The third kappa shape index (κ3) is 4.11. The molecule has 4 heteroatoms. The van der Waals surface area contributed by atoms with Gasteiger partial charge in [0.05, 0.1) is 20.3 Å². The minimum atomic E-state index is -0.283. The lowest BCUT2D eigenvalue weighted by molar-refractivity contribution is 0.0936. The van der Waals surface area contributed by atoms with Crippen LogP contribution in [0.1, 0.15) is 33.1 Å². The van der Waals surface area contributed by atoms with Crippen LogP contribution in [0, 0.1) is 6.92 Å². The summed E-state index contributed by atoms with van der Waals surface area (Å²) < 4.78 is 10.8. The molecule has 0 aliphatic heterocycles. The van der Waals surface area contributed by atoms with E-state index in [1.54, 1.807) is 32.4 Å². The van der Waals surface area contributed by atoms with E-state index in [-0.39, 0.29) is 11.9 Å². The van der Waals surface area contributed by atoms with Crippen molar-refractivity contribution in [2.24, 2.45) is 0 Å². The highest BCUT2D eigenvalue weighted by molar-refractivity contribution is 6.00. The van der Waals surface area contributed by atoms with Crippen LogP contribution in [0.25, 0.3) is 0 Å². The van der Waals surface area contributed by atoms with Gasteiger partial charge in [-0.05, 0) is 30.2 Å². The Bertz CT molecular complexity index is 882. The Morgan fingerprint density at radius 3 is 1.89 bits per heavy atom. The minimum Gasteiger partial charge on any atom is -0.496 e. The summed E-state index contributed by atoms with van der Waals surface area (Å²) in [7, 11) is 3.08. The fourth-order valence-electron chi connectivity index (χ4n) is 3.04. The third-order valence-corrected chi connectivity index (χ3v) is 4.47. The van der Waals surface area contributed by atoms with E-state index in [0.717, 1.165) is 11.1 Å². The fourth-order valence-corrected chi connectivity index (χ4v) is 3.04. The van der Waals surface area contributed by atoms with Crippen molar-refractivity contribution in [3.63, 3.8) is 0 Å². The van der Waals surface area contributed by atoms with Gasteiger partial charge in [0, 0.05) is 0 Å². The van der Waals surface area contributed by atoms with E-state index in [9.17, 15) is 4.79 Å². The van der Waals surface area contributed by atoms with Crippen molar-refractivity contribution in [3.05, 3.63) is 95.1 Å². The highest BCUT2D eigenvalue weighted by Crippen LogP contribution is 2.30. The Morgan fingerprint density at radius 1 is 0.778 bits per heavy atom. The SMILES string of the molecule is COc1cccc(OC)c1C(=O)N[C@H](c1ccccc1)c1ccc(C)cc1. The average Bonchev–Trinajstić information content (AvgIpc) is 2.72. The molecule has 1 atom stereocenters. The van der Waals surface area contributed by atoms with Crippen LogP contribution in [0.3, 0.4) is 0 Å². The zero-order valence-corrected chi connectivity index (χ0v) is 15.7. The summed E-state index contributed by atoms with van der Waals surface area (Å²) in [5.41, 5.74) is 3.57. The second-order valence-electron chi connectivity index (χ2n) is 6.27. The summed E-state index contributed by atoms with van der Waals surface area (Å²) in [5.74, 6) is 0.698. The molecule has 3 rings (SSSR count). The summed E-state index contributed by atoms with van der Waals surface area (Å²) in [6.07, 6.45) is 0. The fraction of sp³-hybridized carbons (Fsp3) is 0.174. The molecule has 0 radical (unpaired) electrons. The van der Waals surface area contributed by atoms with Crippen LogP contribution < -0.4 is 14.8 Å². The molecule has 0 heterocycles. The Hall–Kier alpha value is -3.27. The van der Waals surface area contributed by atoms with Crippen molar-refractivity contribution in [1.29, 1.82) is 0 Å². The van der Waals surface area contributed by atoms with E-state index in [2.05, 4.69) is 5.32 Å². The van der Waals surface area contributed by atoms with E-state index in [1.165, 1.54) is 5.56 Å². The van der Waals surface area contributed by atoms with Gasteiger partial charge in [-0.25, -0.2) is 0 Å². The number of hydrogen-bond donors (Lipinski definition) is 1. The molecule has 3 aromatic carbocycles. The van der Waals surface area contributed by atoms with Crippen molar-refractivity contribution in [2.75, 3.05) is 14.2 Å². The lowest BCUT2D eigenvalue weighted by Gasteiger charge is -2.21. The maximum Gasteiger partial charge on any atom is 0.259 e. The largest absolute Gasteiger partial charge is 0.496 e. The van der Waals surface area contributed by atoms with E-state index >= 15 is 0 Å². The monoisotopic (exact) mass is 361 g/mol. The zero-order valence-electron chi connectivity index (χ0n) is 15.7. The molecular formula is C23H23NO3. The van der Waals surface area contributed by atoms with Gasteiger partial charge in [0.2, 0.25) is 0 Å². The molecule has 4 nitrogen and oxygen atoms in total. The van der Waals surface area contributed by atoms with Crippen molar-refractivity contribution < 1.29 is 14.3 Å². The van der Waals surface area contributed by atoms with Crippen molar-refractivity contribution in [1.82, 2.24) is 5.32 Å². The van der Waals surface area contributed by atoms with E-state index in [4.69, 9.17) is 9.47 Å². The molecule has 138 valence electrons. The molecule has 0 aliphatic rings. The highest BCUT2D eigenvalue weighted by atomic mass is 16.5. The number of ether oxygens (including phenoxy) is 2. The number of benzene rings is 3. The predicted octanol–water partition coefficient (Wildman–Crippen LogP) is 4.53. The van der Waals surface area contributed by atoms with Gasteiger partial charge in [-0.3, -0.25) is 4.79 Å². The number of hydrogen-bond acceptors (Lipinski definition) is 3. The van der Waals surface area contributed by atoms with Gasteiger partial charge in [-0.1, -0.05) is 66.2 Å². The molecule has 1 N–H and O–H groups in total. The summed E-state index contributed by atoms with van der Waals surface area (Å²) in [4.78, 5) is 13.2. The Balaban J connectivity index is 2.00. The quantitative estimate of drug-likeness (QED) is 0.702. The van der Waals surface area contributed by atoms with Gasteiger partial charge in [-0.2, -0.15) is 0 Å². The van der Waals surface area contributed by atoms with Gasteiger partial charge >= 0.3 is 0 Å². The molecule has 0 aliphatic carbocycles. The summed E-state index contributed by atoms with van der Waals surface area (Å²) in [6.45, 7) is 2.04. The molecule has 1 amide bonds. The van der Waals surface area contributed by atoms with Gasteiger partial charge in [0.15, 0.2) is 0 Å². The minimum absolute atomic E-state index is 0.251. The van der Waals surface area contributed by atoms with Crippen LogP contribution in [0.2, 0.25) is 0 Å². The van der Waals surface area contributed by atoms with E-state index in [0.29, 0.717) is 17.1 Å². The molecule has 0 bridgehead atoms. The molecule has 0 fully saturated rings. The topological polar surface area (TPSA) is 47.6 Å². The molecule has 0 aromatic heterocycles. The number of methoxy groups -OCH3 is 2.